The predicted molar refractivity (Wildman–Crippen MR) is 89.8 cm³/mol. The third kappa shape index (κ3) is 3.66. The highest BCUT2D eigenvalue weighted by Crippen LogP contribution is 2.45. The van der Waals surface area contributed by atoms with Gasteiger partial charge < -0.3 is 9.16 Å². The molecule has 0 amide bonds. The highest BCUT2D eigenvalue weighted by molar-refractivity contribution is 6.77. The molecule has 1 aliphatic heterocycles. The van der Waals surface area contributed by atoms with Crippen LogP contribution >= 0.6 is 0 Å². The van der Waals surface area contributed by atoms with E-state index in [9.17, 15) is 0 Å². The molecule has 0 spiro atoms. The third-order valence-corrected chi connectivity index (χ3v) is 11.2. The van der Waals surface area contributed by atoms with Crippen LogP contribution in [0.3, 0.4) is 0 Å². The summed E-state index contributed by atoms with van der Waals surface area (Å²) in [5, 5.41) is 0. The van der Waals surface area contributed by atoms with Gasteiger partial charge in [-0.3, -0.25) is 0 Å². The fraction of sp³-hybridized carbons (Fsp3) is 1.00. The Morgan fingerprint density at radius 2 is 1.45 bits per heavy atom. The van der Waals surface area contributed by atoms with E-state index in [0.29, 0.717) is 16.6 Å². The quantitative estimate of drug-likeness (QED) is 0.622. The van der Waals surface area contributed by atoms with Gasteiger partial charge >= 0.3 is 0 Å². The molecule has 1 heterocycles. The molecule has 1 fully saturated rings. The van der Waals surface area contributed by atoms with Crippen LogP contribution < -0.4 is 0 Å². The Kier molecular flexibility index (Phi) is 5.90. The van der Waals surface area contributed by atoms with E-state index in [0.717, 1.165) is 12.8 Å². The topological polar surface area (TPSA) is 18.5 Å². The Labute approximate surface area is 127 Å². The predicted octanol–water partition coefficient (Wildman–Crippen LogP) is 5.52. The second-order valence-electron chi connectivity index (χ2n) is 8.10. The number of ether oxygens (including phenoxy) is 1. The van der Waals surface area contributed by atoms with Crippen molar-refractivity contribution in [3.05, 3.63) is 0 Å². The van der Waals surface area contributed by atoms with Crippen LogP contribution in [0.4, 0.5) is 0 Å². The first-order valence-electron chi connectivity index (χ1n) is 8.38. The molecular weight excluding hydrogens is 264 g/mol. The van der Waals surface area contributed by atoms with Gasteiger partial charge in [0.2, 0.25) is 8.32 Å². The van der Waals surface area contributed by atoms with Crippen molar-refractivity contribution < 1.29 is 9.16 Å². The molecule has 1 aliphatic rings. The van der Waals surface area contributed by atoms with Crippen LogP contribution in [0.25, 0.3) is 0 Å². The molecule has 0 aromatic rings. The summed E-state index contributed by atoms with van der Waals surface area (Å²) in [6, 6.07) is 0. The minimum atomic E-state index is -1.78. The Balaban J connectivity index is 2.91. The maximum atomic E-state index is 6.88. The van der Waals surface area contributed by atoms with E-state index in [2.05, 4.69) is 62.3 Å². The first-order valence-corrected chi connectivity index (χ1v) is 10.5. The number of hydrogen-bond acceptors (Lipinski definition) is 2. The summed E-state index contributed by atoms with van der Waals surface area (Å²) in [4.78, 5) is 0. The minimum absolute atomic E-state index is 0.0109. The van der Waals surface area contributed by atoms with Crippen molar-refractivity contribution in [2.24, 2.45) is 0 Å². The van der Waals surface area contributed by atoms with Gasteiger partial charge in [0.05, 0.1) is 17.8 Å². The summed E-state index contributed by atoms with van der Waals surface area (Å²) in [5.41, 5.74) is 1.94. The maximum absolute atomic E-state index is 6.88. The summed E-state index contributed by atoms with van der Waals surface area (Å²) in [7, 11) is -1.78. The molecule has 20 heavy (non-hydrogen) atoms. The molecule has 1 saturated heterocycles. The van der Waals surface area contributed by atoms with E-state index in [1.807, 2.05) is 0 Å². The Morgan fingerprint density at radius 3 is 1.80 bits per heavy atom. The van der Waals surface area contributed by atoms with Crippen LogP contribution in [0.5, 0.6) is 0 Å². The lowest BCUT2D eigenvalue weighted by atomic mass is 9.94. The molecule has 0 bridgehead atoms. The summed E-state index contributed by atoms with van der Waals surface area (Å²) in [6.45, 7) is 20.7. The fourth-order valence-corrected chi connectivity index (χ4v) is 9.84. The molecule has 0 radical (unpaired) electrons. The molecule has 0 unspecified atom stereocenters. The average Bonchev–Trinajstić information content (AvgIpc) is 2.25. The molecule has 120 valence electrons. The number of hydrogen-bond donors (Lipinski definition) is 0. The van der Waals surface area contributed by atoms with E-state index in [1.165, 1.54) is 0 Å². The lowest BCUT2D eigenvalue weighted by Crippen LogP contribution is -2.54. The van der Waals surface area contributed by atoms with E-state index in [-0.39, 0.29) is 17.8 Å². The first-order chi connectivity index (χ1) is 9.03. The van der Waals surface area contributed by atoms with Crippen LogP contribution in [0.1, 0.15) is 75.2 Å². The number of rotatable bonds is 5. The summed E-state index contributed by atoms with van der Waals surface area (Å²) in [6.07, 6.45) is 2.72. The van der Waals surface area contributed by atoms with Crippen LogP contribution in [0, 0.1) is 0 Å². The first kappa shape index (κ1) is 18.2. The molecular formula is C17H36O2Si. The third-order valence-electron chi connectivity index (χ3n) is 5.12. The van der Waals surface area contributed by atoms with Crippen molar-refractivity contribution in [1.82, 2.24) is 0 Å². The van der Waals surface area contributed by atoms with E-state index in [1.54, 1.807) is 0 Å². The Bertz CT molecular complexity index is 288. The van der Waals surface area contributed by atoms with Gasteiger partial charge in [0.15, 0.2) is 0 Å². The highest BCUT2D eigenvalue weighted by Gasteiger charge is 2.48. The van der Waals surface area contributed by atoms with Crippen molar-refractivity contribution >= 4 is 8.32 Å². The second-order valence-corrected chi connectivity index (χ2v) is 13.5. The van der Waals surface area contributed by atoms with Gasteiger partial charge in [-0.2, -0.15) is 0 Å². The van der Waals surface area contributed by atoms with Gasteiger partial charge in [0.1, 0.15) is 0 Å². The van der Waals surface area contributed by atoms with Gasteiger partial charge in [-0.25, -0.2) is 0 Å². The molecule has 3 heteroatoms. The van der Waals surface area contributed by atoms with Gasteiger partial charge in [-0.05, 0) is 50.2 Å². The summed E-state index contributed by atoms with van der Waals surface area (Å²) < 4.78 is 13.1. The Morgan fingerprint density at radius 1 is 1.00 bits per heavy atom. The van der Waals surface area contributed by atoms with Gasteiger partial charge in [-0.1, -0.05) is 41.5 Å². The smallest absolute Gasteiger partial charge is 0.200 e. The lowest BCUT2D eigenvalue weighted by Gasteiger charge is -2.48. The van der Waals surface area contributed by atoms with E-state index < -0.39 is 8.32 Å². The summed E-state index contributed by atoms with van der Waals surface area (Å²) in [5.74, 6) is 0. The second kappa shape index (κ2) is 6.49. The average molecular weight is 301 g/mol. The van der Waals surface area contributed by atoms with Crippen LogP contribution in [0.2, 0.25) is 16.6 Å². The van der Waals surface area contributed by atoms with Crippen molar-refractivity contribution in [1.29, 1.82) is 0 Å². The molecule has 0 saturated carbocycles. The lowest BCUT2D eigenvalue weighted by molar-refractivity contribution is -0.147. The van der Waals surface area contributed by atoms with E-state index >= 15 is 0 Å². The largest absolute Gasteiger partial charge is 0.411 e. The zero-order chi connectivity index (χ0) is 15.7. The SMILES string of the molecule is CC(C)[Si](O[C@@H]1CCC(C)(C)O[C@@H]1C)(C(C)C)C(C)C. The highest BCUT2D eigenvalue weighted by atomic mass is 28.4. The zero-order valence-electron chi connectivity index (χ0n) is 15.1. The molecule has 0 N–H and O–H groups in total. The van der Waals surface area contributed by atoms with Gasteiger partial charge in [0, 0.05) is 0 Å². The minimum Gasteiger partial charge on any atom is -0.411 e. The molecule has 2 nitrogen and oxygen atoms in total. The monoisotopic (exact) mass is 300 g/mol. The molecule has 0 aromatic heterocycles. The van der Waals surface area contributed by atoms with Crippen molar-refractivity contribution in [3.63, 3.8) is 0 Å². The molecule has 0 aromatic carbocycles. The van der Waals surface area contributed by atoms with Crippen LogP contribution in [0.15, 0.2) is 0 Å². The maximum Gasteiger partial charge on any atom is 0.200 e. The standard InChI is InChI=1S/C17H36O2Si/c1-12(2)20(13(3)4,14(5)6)19-16-10-11-17(8,9)18-15(16)7/h12-16H,10-11H2,1-9H3/t15-,16-/m1/s1. The zero-order valence-corrected chi connectivity index (χ0v) is 16.1. The molecule has 0 aliphatic carbocycles. The van der Waals surface area contributed by atoms with Crippen molar-refractivity contribution in [3.8, 4) is 0 Å². The fourth-order valence-electron chi connectivity index (χ4n) is 4.19. The van der Waals surface area contributed by atoms with E-state index in [4.69, 9.17) is 9.16 Å². The van der Waals surface area contributed by atoms with Gasteiger partial charge in [0.25, 0.3) is 0 Å². The molecule has 2 atom stereocenters. The van der Waals surface area contributed by atoms with Crippen LogP contribution in [-0.4, -0.2) is 26.1 Å². The molecule has 1 rings (SSSR count). The van der Waals surface area contributed by atoms with Crippen molar-refractivity contribution in [2.45, 2.75) is 110 Å². The normalized spacial score (nSPS) is 27.6. The van der Waals surface area contributed by atoms with Gasteiger partial charge in [-0.15, -0.1) is 0 Å². The van der Waals surface area contributed by atoms with Crippen molar-refractivity contribution in [2.75, 3.05) is 0 Å². The summed E-state index contributed by atoms with van der Waals surface area (Å²) >= 11 is 0. The Hall–Kier alpha value is 0.137. The van der Waals surface area contributed by atoms with Crippen LogP contribution in [-0.2, 0) is 9.16 Å².